The second-order valence-corrected chi connectivity index (χ2v) is 14.0. The highest BCUT2D eigenvalue weighted by molar-refractivity contribution is 6.05. The summed E-state index contributed by atoms with van der Waals surface area (Å²) >= 11 is 0. The minimum atomic E-state index is -0.754. The number of carbonyl (C=O) groups excluding carboxylic acids is 3. The Labute approximate surface area is 297 Å². The van der Waals surface area contributed by atoms with Gasteiger partial charge < -0.3 is 25.8 Å². The number of piperazine rings is 1. The molecule has 270 valence electrons. The van der Waals surface area contributed by atoms with Crippen LogP contribution in [0.1, 0.15) is 54.6 Å². The average Bonchev–Trinajstić information content (AvgIpc) is 3.13. The molecule has 0 radical (unpaired) electrons. The zero-order valence-corrected chi connectivity index (χ0v) is 29.1. The fourth-order valence-corrected chi connectivity index (χ4v) is 7.64. The van der Waals surface area contributed by atoms with E-state index in [1.807, 2.05) is 17.0 Å². The third-order valence-corrected chi connectivity index (χ3v) is 10.5. The molecule has 4 aliphatic heterocycles. The van der Waals surface area contributed by atoms with Crippen molar-refractivity contribution in [3.8, 4) is 0 Å². The zero-order valence-electron chi connectivity index (χ0n) is 29.1. The highest BCUT2D eigenvalue weighted by atomic mass is 19.1. The summed E-state index contributed by atoms with van der Waals surface area (Å²) in [6.07, 6.45) is 5.73. The molecule has 5 heterocycles. The number of nitrogens with two attached hydrogens (primary N) is 1. The average molecular weight is 700 g/mol. The van der Waals surface area contributed by atoms with Gasteiger partial charge in [-0.1, -0.05) is 0 Å². The van der Waals surface area contributed by atoms with Gasteiger partial charge in [-0.25, -0.2) is 9.18 Å². The van der Waals surface area contributed by atoms with E-state index in [-0.39, 0.29) is 29.3 Å². The van der Waals surface area contributed by atoms with Crippen molar-refractivity contribution in [3.63, 3.8) is 0 Å². The van der Waals surface area contributed by atoms with Crippen LogP contribution in [0.4, 0.5) is 43.7 Å². The first-order valence-electron chi connectivity index (χ1n) is 18.0. The van der Waals surface area contributed by atoms with Crippen molar-refractivity contribution in [2.45, 2.75) is 45.4 Å². The Balaban J connectivity index is 0.898. The van der Waals surface area contributed by atoms with Crippen LogP contribution in [0.5, 0.6) is 0 Å². The standard InChI is InChI=1S/C36H46FN11O3/c1-24-21-27(48-16-11-31(49)40-36(48)51)6-8-29(24)45-14-9-25(10-15-45)23-44-17-19-46(20-18-44)30-7-5-26(22-28(30)37)39-34-32(33(38)50)42-43-35(41-34)47-12-3-2-4-13-47/h5-8,21-22,25H,2-4,9-20,23H2,1H3,(H2,38,50)(H,39,41,43)(H,40,49,51). The summed E-state index contributed by atoms with van der Waals surface area (Å²) in [5, 5.41) is 13.6. The van der Waals surface area contributed by atoms with Crippen LogP contribution in [-0.4, -0.2) is 103 Å². The molecule has 4 N–H and O–H groups in total. The second kappa shape index (κ2) is 15.1. The number of hydrogen-bond donors (Lipinski definition) is 3. The molecule has 3 aromatic rings. The SMILES string of the molecule is Cc1cc(N2CCC(=O)NC2=O)ccc1N1CCC(CN2CCN(c3ccc(Nc4nc(N5CCCCC5)nnc4C(N)=O)cc3F)CC2)CC1. The summed E-state index contributed by atoms with van der Waals surface area (Å²) in [6.45, 7) is 10.3. The number of piperidine rings is 2. The van der Waals surface area contributed by atoms with Gasteiger partial charge in [-0.15, -0.1) is 10.2 Å². The van der Waals surface area contributed by atoms with Crippen molar-refractivity contribution in [2.24, 2.45) is 11.7 Å². The van der Waals surface area contributed by atoms with Crippen LogP contribution in [-0.2, 0) is 4.79 Å². The molecule has 0 spiro atoms. The quantitative estimate of drug-likeness (QED) is 0.300. The number of nitrogens with one attached hydrogen (secondary N) is 2. The molecule has 51 heavy (non-hydrogen) atoms. The van der Waals surface area contributed by atoms with E-state index in [1.54, 1.807) is 17.0 Å². The Morgan fingerprint density at radius 2 is 1.61 bits per heavy atom. The lowest BCUT2D eigenvalue weighted by atomic mass is 9.95. The zero-order chi connectivity index (χ0) is 35.5. The van der Waals surface area contributed by atoms with Crippen LogP contribution in [0, 0.1) is 18.7 Å². The normalized spacial score (nSPS) is 19.3. The van der Waals surface area contributed by atoms with Crippen LogP contribution in [0.2, 0.25) is 0 Å². The van der Waals surface area contributed by atoms with E-state index in [0.29, 0.717) is 36.2 Å². The number of imide groups is 1. The van der Waals surface area contributed by atoms with E-state index in [9.17, 15) is 14.4 Å². The van der Waals surface area contributed by atoms with Gasteiger partial charge in [0.05, 0.1) is 5.69 Å². The van der Waals surface area contributed by atoms with E-state index in [2.05, 4.69) is 53.5 Å². The Morgan fingerprint density at radius 3 is 2.29 bits per heavy atom. The first kappa shape index (κ1) is 34.4. The maximum atomic E-state index is 15.5. The summed E-state index contributed by atoms with van der Waals surface area (Å²) in [5.41, 5.74) is 9.57. The second-order valence-electron chi connectivity index (χ2n) is 14.0. The van der Waals surface area contributed by atoms with Gasteiger partial charge in [0.15, 0.2) is 11.5 Å². The van der Waals surface area contributed by atoms with Gasteiger partial charge in [-0.2, -0.15) is 4.98 Å². The van der Waals surface area contributed by atoms with Gasteiger partial charge in [-0.05, 0) is 86.9 Å². The van der Waals surface area contributed by atoms with Crippen LogP contribution in [0.15, 0.2) is 36.4 Å². The van der Waals surface area contributed by atoms with Gasteiger partial charge in [0, 0.05) is 88.9 Å². The molecule has 0 saturated carbocycles. The smallest absolute Gasteiger partial charge is 0.328 e. The molecular weight excluding hydrogens is 653 g/mol. The number of nitrogens with zero attached hydrogens (tertiary/aromatic N) is 8. The largest absolute Gasteiger partial charge is 0.371 e. The highest BCUT2D eigenvalue weighted by Gasteiger charge is 2.28. The number of carbonyl (C=O) groups is 3. The number of rotatable bonds is 9. The summed E-state index contributed by atoms with van der Waals surface area (Å²) in [5.74, 6) is -0.145. The van der Waals surface area contributed by atoms with Gasteiger partial charge in [0.25, 0.3) is 5.91 Å². The van der Waals surface area contributed by atoms with E-state index < -0.39 is 5.91 Å². The third-order valence-electron chi connectivity index (χ3n) is 10.5. The molecule has 0 unspecified atom stereocenters. The van der Waals surface area contributed by atoms with E-state index >= 15 is 4.39 Å². The molecule has 4 saturated heterocycles. The number of urea groups is 1. The predicted molar refractivity (Wildman–Crippen MR) is 194 cm³/mol. The Kier molecular flexibility index (Phi) is 10.2. The number of benzene rings is 2. The Bertz CT molecular complexity index is 1770. The Morgan fingerprint density at radius 1 is 0.882 bits per heavy atom. The number of anilines is 6. The topological polar surface area (TPSA) is 156 Å². The van der Waals surface area contributed by atoms with Crippen molar-refractivity contribution in [1.29, 1.82) is 0 Å². The minimum Gasteiger partial charge on any atom is -0.371 e. The Hall–Kier alpha value is -5.05. The lowest BCUT2D eigenvalue weighted by molar-refractivity contribution is -0.120. The molecule has 14 nitrogen and oxygen atoms in total. The first-order valence-corrected chi connectivity index (χ1v) is 18.0. The lowest BCUT2D eigenvalue weighted by Crippen LogP contribution is -2.49. The fourth-order valence-electron chi connectivity index (χ4n) is 7.64. The number of primary amides is 1. The monoisotopic (exact) mass is 699 g/mol. The molecule has 0 atom stereocenters. The third kappa shape index (κ3) is 7.82. The molecule has 4 amide bonds. The predicted octanol–water partition coefficient (Wildman–Crippen LogP) is 3.64. The van der Waals surface area contributed by atoms with Crippen LogP contribution in [0.25, 0.3) is 0 Å². The highest BCUT2D eigenvalue weighted by Crippen LogP contribution is 2.31. The summed E-state index contributed by atoms with van der Waals surface area (Å²) in [6, 6.07) is 10.7. The summed E-state index contributed by atoms with van der Waals surface area (Å²) in [7, 11) is 0. The van der Waals surface area contributed by atoms with Gasteiger partial charge in [-0.3, -0.25) is 24.7 Å². The van der Waals surface area contributed by atoms with Gasteiger partial charge in [0.2, 0.25) is 11.9 Å². The lowest BCUT2D eigenvalue weighted by Gasteiger charge is -2.40. The van der Waals surface area contributed by atoms with Crippen molar-refractivity contribution < 1.29 is 18.8 Å². The first-order chi connectivity index (χ1) is 24.7. The summed E-state index contributed by atoms with van der Waals surface area (Å²) < 4.78 is 15.5. The van der Waals surface area contributed by atoms with Gasteiger partial charge >= 0.3 is 6.03 Å². The number of amides is 4. The molecule has 15 heteroatoms. The maximum absolute atomic E-state index is 15.5. The summed E-state index contributed by atoms with van der Waals surface area (Å²) in [4.78, 5) is 51.1. The maximum Gasteiger partial charge on any atom is 0.328 e. The number of aromatic nitrogens is 3. The molecule has 4 aliphatic rings. The number of aryl methyl sites for hydroxylation is 1. The number of halogens is 1. The van der Waals surface area contributed by atoms with Gasteiger partial charge in [0.1, 0.15) is 5.82 Å². The van der Waals surface area contributed by atoms with E-state index in [0.717, 1.165) is 102 Å². The van der Waals surface area contributed by atoms with Crippen molar-refractivity contribution in [1.82, 2.24) is 25.4 Å². The minimum absolute atomic E-state index is 0.0868. The van der Waals surface area contributed by atoms with Crippen molar-refractivity contribution >= 4 is 52.4 Å². The molecule has 1 aromatic heterocycles. The number of hydrogen-bond acceptors (Lipinski definition) is 11. The van der Waals surface area contributed by atoms with Crippen molar-refractivity contribution in [2.75, 3.05) is 90.4 Å². The molecule has 0 bridgehead atoms. The van der Waals surface area contributed by atoms with Crippen molar-refractivity contribution in [3.05, 3.63) is 53.5 Å². The van der Waals surface area contributed by atoms with Crippen LogP contribution >= 0.6 is 0 Å². The van der Waals surface area contributed by atoms with E-state index in [4.69, 9.17) is 5.73 Å². The molecular formula is C36H46FN11O3. The molecule has 2 aromatic carbocycles. The fraction of sp³-hybridized carbons (Fsp3) is 0.500. The van der Waals surface area contributed by atoms with Crippen LogP contribution < -0.4 is 36.0 Å². The van der Waals surface area contributed by atoms with Crippen LogP contribution in [0.3, 0.4) is 0 Å². The molecule has 7 rings (SSSR count). The van der Waals surface area contributed by atoms with E-state index in [1.165, 1.54) is 11.8 Å². The molecule has 0 aliphatic carbocycles. The molecule has 4 fully saturated rings.